The van der Waals surface area contributed by atoms with E-state index >= 15 is 0 Å². The van der Waals surface area contributed by atoms with Gasteiger partial charge in [0.1, 0.15) is 12.1 Å². The van der Waals surface area contributed by atoms with Crippen LogP contribution in [-0.4, -0.2) is 41.1 Å². The van der Waals surface area contributed by atoms with Crippen molar-refractivity contribution in [1.29, 1.82) is 5.41 Å². The normalized spacial score (nSPS) is 16.1. The van der Waals surface area contributed by atoms with Crippen molar-refractivity contribution in [2.75, 3.05) is 13.6 Å². The van der Waals surface area contributed by atoms with Gasteiger partial charge in [-0.05, 0) is 24.6 Å². The average Bonchev–Trinajstić information content (AvgIpc) is 3.27. The Bertz CT molecular complexity index is 996. The average molecular weight is 399 g/mol. The fourth-order valence-corrected chi connectivity index (χ4v) is 2.95. The number of benzene rings is 1. The number of aromatic nitrogens is 1. The molecule has 8 nitrogen and oxygen atoms in total. The highest BCUT2D eigenvalue weighted by molar-refractivity contribution is 6.10. The summed E-state index contributed by atoms with van der Waals surface area (Å²) in [5.74, 6) is -1.25. The lowest BCUT2D eigenvalue weighted by Crippen LogP contribution is -2.41. The molecule has 29 heavy (non-hydrogen) atoms. The molecule has 1 aliphatic rings. The van der Waals surface area contributed by atoms with Crippen molar-refractivity contribution in [1.82, 2.24) is 20.5 Å². The molecule has 2 heterocycles. The molecule has 1 saturated heterocycles. The molecular formula is C20H22FN5O3. The van der Waals surface area contributed by atoms with Gasteiger partial charge in [-0.15, -0.1) is 0 Å². The van der Waals surface area contributed by atoms with Crippen LogP contribution in [0.25, 0.3) is 11.5 Å². The Labute approximate surface area is 167 Å². The van der Waals surface area contributed by atoms with Crippen molar-refractivity contribution < 1.29 is 18.4 Å². The van der Waals surface area contributed by atoms with Gasteiger partial charge in [-0.1, -0.05) is 19.9 Å². The van der Waals surface area contributed by atoms with Crippen molar-refractivity contribution in [3.05, 3.63) is 53.9 Å². The molecular weight excluding hydrogens is 377 g/mol. The first-order chi connectivity index (χ1) is 13.7. The largest absolute Gasteiger partial charge is 0.444 e. The van der Waals surface area contributed by atoms with E-state index in [-0.39, 0.29) is 29.0 Å². The number of likely N-dealkylation sites (tertiary alicyclic amines) is 1. The molecule has 1 aromatic heterocycles. The maximum absolute atomic E-state index is 13.4. The van der Waals surface area contributed by atoms with Crippen molar-refractivity contribution >= 4 is 17.6 Å². The number of halogens is 1. The van der Waals surface area contributed by atoms with Crippen LogP contribution in [0.5, 0.6) is 0 Å². The van der Waals surface area contributed by atoms with E-state index < -0.39 is 17.1 Å². The van der Waals surface area contributed by atoms with E-state index in [0.717, 1.165) is 6.26 Å². The Balaban J connectivity index is 1.76. The first-order valence-corrected chi connectivity index (χ1v) is 9.04. The predicted molar refractivity (Wildman–Crippen MR) is 104 cm³/mol. The Morgan fingerprint density at radius 1 is 1.41 bits per heavy atom. The summed E-state index contributed by atoms with van der Waals surface area (Å²) in [6.07, 6.45) is 3.20. The smallest absolute Gasteiger partial charge is 0.277 e. The zero-order valence-electron chi connectivity index (χ0n) is 16.4. The Morgan fingerprint density at radius 2 is 2.17 bits per heavy atom. The van der Waals surface area contributed by atoms with Gasteiger partial charge in [0.05, 0.1) is 5.70 Å². The third-order valence-corrected chi connectivity index (χ3v) is 4.65. The third kappa shape index (κ3) is 4.18. The summed E-state index contributed by atoms with van der Waals surface area (Å²) in [7, 11) is 1.62. The van der Waals surface area contributed by atoms with E-state index in [9.17, 15) is 14.0 Å². The fourth-order valence-electron chi connectivity index (χ4n) is 2.95. The summed E-state index contributed by atoms with van der Waals surface area (Å²) in [5.41, 5.74) is -0.0637. The Hall–Kier alpha value is -3.49. The van der Waals surface area contributed by atoms with Gasteiger partial charge in [-0.3, -0.25) is 19.9 Å². The van der Waals surface area contributed by atoms with E-state index in [2.05, 4.69) is 15.6 Å². The van der Waals surface area contributed by atoms with Crippen molar-refractivity contribution in [2.24, 2.45) is 5.41 Å². The van der Waals surface area contributed by atoms with Gasteiger partial charge in [-0.2, -0.15) is 0 Å². The zero-order valence-corrected chi connectivity index (χ0v) is 16.4. The number of hydrogen-bond donors (Lipinski definition) is 3. The van der Waals surface area contributed by atoms with Gasteiger partial charge < -0.3 is 15.1 Å². The fraction of sp³-hybridized carbons (Fsp3) is 0.300. The third-order valence-electron chi connectivity index (χ3n) is 4.65. The summed E-state index contributed by atoms with van der Waals surface area (Å²) >= 11 is 0. The lowest BCUT2D eigenvalue weighted by molar-refractivity contribution is -0.131. The molecule has 1 aromatic carbocycles. The lowest BCUT2D eigenvalue weighted by Gasteiger charge is -2.22. The maximum Gasteiger partial charge on any atom is 0.277 e. The lowest BCUT2D eigenvalue weighted by atomic mass is 9.92. The molecule has 2 aromatic rings. The van der Waals surface area contributed by atoms with Crippen LogP contribution in [0.3, 0.4) is 0 Å². The zero-order chi connectivity index (χ0) is 21.2. The van der Waals surface area contributed by atoms with Crippen LogP contribution in [0.15, 0.2) is 46.8 Å². The van der Waals surface area contributed by atoms with Crippen LogP contribution >= 0.6 is 0 Å². The predicted octanol–water partition coefficient (Wildman–Crippen LogP) is 2.51. The van der Waals surface area contributed by atoms with Gasteiger partial charge in [0, 0.05) is 30.8 Å². The van der Waals surface area contributed by atoms with Crippen molar-refractivity contribution in [3.8, 4) is 11.5 Å². The number of hydrogen-bond acceptors (Lipinski definition) is 6. The maximum atomic E-state index is 13.4. The molecule has 3 N–H and O–H groups in total. The molecule has 1 aliphatic heterocycles. The van der Waals surface area contributed by atoms with E-state index in [1.54, 1.807) is 13.1 Å². The molecule has 2 amide bonds. The quantitative estimate of drug-likeness (QED) is 0.528. The van der Waals surface area contributed by atoms with Crippen LogP contribution in [0.1, 0.15) is 30.8 Å². The van der Waals surface area contributed by atoms with Crippen LogP contribution in [0.2, 0.25) is 0 Å². The summed E-state index contributed by atoms with van der Waals surface area (Å²) in [5, 5.41) is 13.7. The number of nitrogens with one attached hydrogen (secondary N) is 3. The minimum atomic E-state index is -0.617. The molecule has 0 saturated carbocycles. The minimum Gasteiger partial charge on any atom is -0.444 e. The molecule has 0 spiro atoms. The number of amidine groups is 1. The number of carbonyl (C=O) groups is 2. The van der Waals surface area contributed by atoms with Gasteiger partial charge in [0.25, 0.3) is 5.91 Å². The van der Waals surface area contributed by atoms with Crippen LogP contribution in [-0.2, 0) is 4.79 Å². The standard InChI is InChI=1S/C20H22FN5O3/c1-20(2)7-8-26(19(20)28)16(22)14(10-23-3)24-17(27)15-11-29-18(25-15)12-5-4-6-13(21)9-12/h4-6,9-11,22-23H,7-8H2,1-3H3,(H,24,27)/b14-10+,22-16?. The molecule has 9 heteroatoms. The topological polar surface area (TPSA) is 111 Å². The summed E-state index contributed by atoms with van der Waals surface area (Å²) in [6.45, 7) is 4.05. The number of nitrogens with zero attached hydrogens (tertiary/aromatic N) is 2. The van der Waals surface area contributed by atoms with Crippen molar-refractivity contribution in [2.45, 2.75) is 20.3 Å². The van der Waals surface area contributed by atoms with E-state index in [1.165, 1.54) is 29.3 Å². The van der Waals surface area contributed by atoms with Gasteiger partial charge in [-0.25, -0.2) is 9.37 Å². The summed E-state index contributed by atoms with van der Waals surface area (Å²) < 4.78 is 18.7. The van der Waals surface area contributed by atoms with E-state index in [1.807, 2.05) is 13.8 Å². The molecule has 1 fully saturated rings. The van der Waals surface area contributed by atoms with Crippen LogP contribution < -0.4 is 10.6 Å². The molecule has 0 unspecified atom stereocenters. The molecule has 3 rings (SSSR count). The molecule has 0 aliphatic carbocycles. The molecule has 152 valence electrons. The summed E-state index contributed by atoms with van der Waals surface area (Å²) in [6, 6.07) is 5.66. The SMILES string of the molecule is CN/C=C(/NC(=O)c1coc(-c2cccc(F)c2)n1)C(=N)N1CCC(C)(C)C1=O. The second kappa shape index (κ2) is 7.86. The highest BCUT2D eigenvalue weighted by Gasteiger charge is 2.41. The first-order valence-electron chi connectivity index (χ1n) is 9.04. The van der Waals surface area contributed by atoms with Gasteiger partial charge >= 0.3 is 0 Å². The molecule has 0 bridgehead atoms. The highest BCUT2D eigenvalue weighted by Crippen LogP contribution is 2.31. The number of rotatable bonds is 5. The van der Waals surface area contributed by atoms with Crippen LogP contribution in [0.4, 0.5) is 4.39 Å². The first kappa shape index (κ1) is 20.2. The van der Waals surface area contributed by atoms with E-state index in [0.29, 0.717) is 18.5 Å². The second-order valence-electron chi connectivity index (χ2n) is 7.29. The van der Waals surface area contributed by atoms with Gasteiger partial charge in [0.2, 0.25) is 11.8 Å². The van der Waals surface area contributed by atoms with Crippen LogP contribution in [0, 0.1) is 16.6 Å². The van der Waals surface area contributed by atoms with E-state index in [4.69, 9.17) is 9.83 Å². The number of amides is 2. The number of oxazole rings is 1. The Morgan fingerprint density at radius 3 is 2.79 bits per heavy atom. The molecule has 0 radical (unpaired) electrons. The minimum absolute atomic E-state index is 0.0351. The monoisotopic (exact) mass is 399 g/mol. The second-order valence-corrected chi connectivity index (χ2v) is 7.29. The van der Waals surface area contributed by atoms with Crippen molar-refractivity contribution in [3.63, 3.8) is 0 Å². The Kier molecular flexibility index (Phi) is 5.49. The number of carbonyl (C=O) groups excluding carboxylic acids is 2. The highest BCUT2D eigenvalue weighted by atomic mass is 19.1. The summed E-state index contributed by atoms with van der Waals surface area (Å²) in [4.78, 5) is 30.5. The van der Waals surface area contributed by atoms with Gasteiger partial charge in [0.15, 0.2) is 11.5 Å². The molecule has 0 atom stereocenters.